The summed E-state index contributed by atoms with van der Waals surface area (Å²) >= 11 is 0. The number of aromatic amines is 1. The zero-order valence-corrected chi connectivity index (χ0v) is 13.8. The summed E-state index contributed by atoms with van der Waals surface area (Å²) in [5, 5.41) is 7.70. The Morgan fingerprint density at radius 3 is 2.52 bits per heavy atom. The second-order valence-corrected chi connectivity index (χ2v) is 6.61. The third-order valence-corrected chi connectivity index (χ3v) is 4.53. The van der Waals surface area contributed by atoms with Crippen molar-refractivity contribution in [1.82, 2.24) is 20.2 Å². The maximum Gasteiger partial charge on any atom is 0.491 e. The zero-order valence-electron chi connectivity index (χ0n) is 13.8. The van der Waals surface area contributed by atoms with Crippen LogP contribution in [0.25, 0.3) is 17.1 Å². The molecule has 0 radical (unpaired) electrons. The Morgan fingerprint density at radius 1 is 1.26 bits per heavy atom. The second-order valence-electron chi connectivity index (χ2n) is 6.61. The number of aromatic nitrogens is 4. The number of hydrogen-bond acceptors (Lipinski definition) is 7. The van der Waals surface area contributed by atoms with E-state index in [1.54, 1.807) is 0 Å². The first-order valence-electron chi connectivity index (χ1n) is 7.46. The van der Waals surface area contributed by atoms with Crippen LogP contribution >= 0.6 is 0 Å². The Morgan fingerprint density at radius 2 is 1.91 bits per heavy atom. The molecule has 1 saturated heterocycles. The topological polar surface area (TPSA) is 125 Å². The van der Waals surface area contributed by atoms with Gasteiger partial charge in [-0.25, -0.2) is 9.97 Å². The van der Waals surface area contributed by atoms with E-state index in [0.29, 0.717) is 22.5 Å². The monoisotopic (exact) mass is 316 g/mol. The van der Waals surface area contributed by atoms with E-state index < -0.39 is 18.3 Å². The minimum atomic E-state index is -0.519. The van der Waals surface area contributed by atoms with Crippen molar-refractivity contribution >= 4 is 30.0 Å². The van der Waals surface area contributed by atoms with Gasteiger partial charge in [0.05, 0.1) is 22.3 Å². The standard InChI is InChI=1S/C14H21BN6O2/c1-13(2)14(3,4)23-15(22-13)8(6-16)5-9-10-11(17)18-7-19-12(10)21-20-9/h5,7H,6,16H2,1-4H3,(H3,17,18,19,20,21). The summed E-state index contributed by atoms with van der Waals surface area (Å²) in [6, 6.07) is 0. The Balaban J connectivity index is 2.00. The fraction of sp³-hybridized carbons (Fsp3) is 0.500. The predicted octanol–water partition coefficient (Wildman–Crippen LogP) is 0.909. The van der Waals surface area contributed by atoms with Crippen molar-refractivity contribution in [3.63, 3.8) is 0 Å². The highest BCUT2D eigenvalue weighted by Gasteiger charge is 2.52. The van der Waals surface area contributed by atoms with Crippen LogP contribution in [-0.2, 0) is 9.31 Å². The molecule has 0 aromatic carbocycles. The molecule has 2 aromatic heterocycles. The molecular formula is C14H21BN6O2. The van der Waals surface area contributed by atoms with Crippen LogP contribution in [0, 0.1) is 0 Å². The lowest BCUT2D eigenvalue weighted by atomic mass is 9.77. The lowest BCUT2D eigenvalue weighted by Gasteiger charge is -2.32. The smallest absolute Gasteiger partial charge is 0.400 e. The highest BCUT2D eigenvalue weighted by Crippen LogP contribution is 2.38. The number of rotatable bonds is 3. The number of anilines is 1. The molecule has 5 N–H and O–H groups in total. The summed E-state index contributed by atoms with van der Waals surface area (Å²) < 4.78 is 12.1. The van der Waals surface area contributed by atoms with Crippen molar-refractivity contribution in [3.05, 3.63) is 17.5 Å². The van der Waals surface area contributed by atoms with Crippen LogP contribution in [0.2, 0.25) is 0 Å². The van der Waals surface area contributed by atoms with Crippen molar-refractivity contribution in [1.29, 1.82) is 0 Å². The van der Waals surface area contributed by atoms with Gasteiger partial charge in [-0.1, -0.05) is 0 Å². The largest absolute Gasteiger partial charge is 0.491 e. The molecule has 1 fully saturated rings. The third kappa shape index (κ3) is 2.60. The fourth-order valence-electron chi connectivity index (χ4n) is 2.41. The summed E-state index contributed by atoms with van der Waals surface area (Å²) in [6.45, 7) is 8.28. The molecule has 3 heterocycles. The molecule has 0 saturated carbocycles. The van der Waals surface area contributed by atoms with Crippen LogP contribution < -0.4 is 11.5 Å². The van der Waals surface area contributed by atoms with Crippen molar-refractivity contribution in [3.8, 4) is 0 Å². The van der Waals surface area contributed by atoms with Gasteiger partial charge >= 0.3 is 7.12 Å². The molecule has 3 rings (SSSR count). The first kappa shape index (κ1) is 15.9. The van der Waals surface area contributed by atoms with Crippen LogP contribution in [0.1, 0.15) is 33.4 Å². The van der Waals surface area contributed by atoms with Gasteiger partial charge in [-0.05, 0) is 39.2 Å². The lowest BCUT2D eigenvalue weighted by molar-refractivity contribution is 0.00578. The van der Waals surface area contributed by atoms with E-state index in [2.05, 4.69) is 20.2 Å². The van der Waals surface area contributed by atoms with Crippen LogP contribution in [-0.4, -0.2) is 45.0 Å². The fourth-order valence-corrected chi connectivity index (χ4v) is 2.41. The maximum atomic E-state index is 6.04. The molecule has 8 nitrogen and oxygen atoms in total. The van der Waals surface area contributed by atoms with Gasteiger partial charge in [-0.3, -0.25) is 5.10 Å². The molecule has 1 aliphatic heterocycles. The van der Waals surface area contributed by atoms with Crippen molar-refractivity contribution in [2.45, 2.75) is 38.9 Å². The Kier molecular flexibility index (Phi) is 3.66. The highest BCUT2D eigenvalue weighted by molar-refractivity contribution is 6.56. The number of fused-ring (bicyclic) bond motifs is 1. The van der Waals surface area contributed by atoms with E-state index in [-0.39, 0.29) is 6.54 Å². The minimum Gasteiger partial charge on any atom is -0.400 e. The number of hydrogen-bond donors (Lipinski definition) is 3. The average molecular weight is 316 g/mol. The number of nitrogens with one attached hydrogen (secondary N) is 1. The summed E-state index contributed by atoms with van der Waals surface area (Å²) in [7, 11) is -0.519. The Labute approximate surface area is 134 Å². The van der Waals surface area contributed by atoms with Gasteiger partial charge in [-0.15, -0.1) is 0 Å². The molecule has 0 spiro atoms. The second kappa shape index (κ2) is 5.29. The van der Waals surface area contributed by atoms with E-state index in [9.17, 15) is 0 Å². The summed E-state index contributed by atoms with van der Waals surface area (Å²) in [4.78, 5) is 8.08. The molecule has 0 amide bonds. The molecule has 0 aliphatic carbocycles. The molecule has 2 aromatic rings. The molecule has 122 valence electrons. The van der Waals surface area contributed by atoms with Gasteiger partial charge in [0.15, 0.2) is 5.65 Å². The number of nitrogens with two attached hydrogens (primary N) is 2. The molecule has 9 heteroatoms. The summed E-state index contributed by atoms with van der Waals surface area (Å²) in [5.74, 6) is 0.361. The molecular weight excluding hydrogens is 295 g/mol. The van der Waals surface area contributed by atoms with Crippen molar-refractivity contribution in [2.75, 3.05) is 12.3 Å². The SMILES string of the molecule is CC1(C)OB(C(=Cc2[nH]nc3ncnc(N)c23)CN)OC1(C)C. The highest BCUT2D eigenvalue weighted by atomic mass is 16.7. The number of H-pyrrole nitrogens is 1. The molecule has 0 unspecified atom stereocenters. The minimum absolute atomic E-state index is 0.283. The van der Waals surface area contributed by atoms with Gasteiger partial charge in [0, 0.05) is 6.54 Å². The maximum absolute atomic E-state index is 6.04. The Bertz CT molecular complexity index is 754. The predicted molar refractivity (Wildman–Crippen MR) is 89.2 cm³/mol. The van der Waals surface area contributed by atoms with E-state index in [0.717, 1.165) is 5.47 Å². The van der Waals surface area contributed by atoms with Gasteiger partial charge in [-0.2, -0.15) is 5.10 Å². The van der Waals surface area contributed by atoms with E-state index in [4.69, 9.17) is 20.8 Å². The lowest BCUT2D eigenvalue weighted by Crippen LogP contribution is -2.41. The zero-order chi connectivity index (χ0) is 16.8. The number of nitrogens with zero attached hydrogens (tertiary/aromatic N) is 3. The normalized spacial score (nSPS) is 20.4. The molecule has 23 heavy (non-hydrogen) atoms. The van der Waals surface area contributed by atoms with E-state index in [1.165, 1.54) is 6.33 Å². The first-order chi connectivity index (χ1) is 10.7. The van der Waals surface area contributed by atoms with E-state index >= 15 is 0 Å². The molecule has 0 atom stereocenters. The average Bonchev–Trinajstić information content (AvgIpc) is 2.96. The first-order valence-corrected chi connectivity index (χ1v) is 7.46. The molecule has 1 aliphatic rings. The quantitative estimate of drug-likeness (QED) is 0.719. The van der Waals surface area contributed by atoms with Gasteiger partial charge < -0.3 is 20.8 Å². The van der Waals surface area contributed by atoms with Crippen LogP contribution in [0.5, 0.6) is 0 Å². The van der Waals surface area contributed by atoms with Crippen LogP contribution in [0.15, 0.2) is 11.8 Å². The van der Waals surface area contributed by atoms with Crippen molar-refractivity contribution < 1.29 is 9.31 Å². The summed E-state index contributed by atoms with van der Waals surface area (Å²) in [6.07, 6.45) is 3.22. The number of nitrogen functional groups attached to an aromatic ring is 1. The van der Waals surface area contributed by atoms with Crippen LogP contribution in [0.4, 0.5) is 5.82 Å². The third-order valence-electron chi connectivity index (χ3n) is 4.53. The van der Waals surface area contributed by atoms with E-state index in [1.807, 2.05) is 33.8 Å². The van der Waals surface area contributed by atoms with Crippen LogP contribution in [0.3, 0.4) is 0 Å². The summed E-state index contributed by atoms with van der Waals surface area (Å²) in [5.41, 5.74) is 13.0. The van der Waals surface area contributed by atoms with Gasteiger partial charge in [0.25, 0.3) is 0 Å². The van der Waals surface area contributed by atoms with Gasteiger partial charge in [0.1, 0.15) is 12.1 Å². The van der Waals surface area contributed by atoms with Gasteiger partial charge in [0.2, 0.25) is 0 Å². The van der Waals surface area contributed by atoms with Crippen molar-refractivity contribution in [2.24, 2.45) is 5.73 Å². The Hall–Kier alpha value is -1.97. The molecule has 0 bridgehead atoms.